The fraction of sp³-hybridized carbons (Fsp3) is 0.625. The van der Waals surface area contributed by atoms with E-state index in [0.717, 1.165) is 48.6 Å². The summed E-state index contributed by atoms with van der Waals surface area (Å²) in [6, 6.07) is 2.48. The number of anilines is 1. The van der Waals surface area contributed by atoms with E-state index >= 15 is 0 Å². The summed E-state index contributed by atoms with van der Waals surface area (Å²) >= 11 is 0. The van der Waals surface area contributed by atoms with Crippen molar-refractivity contribution in [2.45, 2.75) is 51.7 Å². The maximum atomic E-state index is 7.92. The first kappa shape index (κ1) is 14.3. The first-order chi connectivity index (χ1) is 10.1. The molecule has 0 radical (unpaired) electrons. The van der Waals surface area contributed by atoms with Crippen molar-refractivity contribution in [3.05, 3.63) is 23.0 Å². The molecule has 2 atom stereocenters. The first-order valence-corrected chi connectivity index (χ1v) is 7.79. The van der Waals surface area contributed by atoms with Gasteiger partial charge in [-0.3, -0.25) is 10.4 Å². The summed E-state index contributed by atoms with van der Waals surface area (Å²) in [5.41, 5.74) is 9.49. The van der Waals surface area contributed by atoms with E-state index in [4.69, 9.17) is 15.9 Å². The molecule has 2 heterocycles. The highest BCUT2D eigenvalue weighted by Crippen LogP contribution is 2.34. The normalized spacial score (nSPS) is 25.5. The number of hydrogen-bond donors (Lipinski definition) is 2. The Morgan fingerprint density at radius 1 is 1.38 bits per heavy atom. The lowest BCUT2D eigenvalue weighted by Crippen LogP contribution is -2.53. The van der Waals surface area contributed by atoms with Crippen molar-refractivity contribution < 1.29 is 4.74 Å². The molecule has 3 N–H and O–H groups in total. The van der Waals surface area contributed by atoms with Crippen molar-refractivity contribution in [1.29, 1.82) is 5.41 Å². The predicted octanol–water partition coefficient (Wildman–Crippen LogP) is 2.13. The second-order valence-electron chi connectivity index (χ2n) is 6.11. The number of nitrogens with zero attached hydrogens (tertiary/aromatic N) is 2. The van der Waals surface area contributed by atoms with Crippen LogP contribution in [0.25, 0.3) is 0 Å². The highest BCUT2D eigenvalue weighted by Gasteiger charge is 2.35. The molecule has 2 unspecified atom stereocenters. The molecule has 21 heavy (non-hydrogen) atoms. The van der Waals surface area contributed by atoms with Gasteiger partial charge in [0, 0.05) is 12.2 Å². The van der Waals surface area contributed by atoms with Crippen LogP contribution in [0.5, 0.6) is 0 Å². The number of fused-ring (bicyclic) bond motifs is 1. The minimum absolute atomic E-state index is 0.105. The third-order valence-electron chi connectivity index (χ3n) is 4.62. The van der Waals surface area contributed by atoms with E-state index in [-0.39, 0.29) is 5.84 Å². The number of amidine groups is 1. The largest absolute Gasteiger partial charge is 0.384 e. The third-order valence-corrected chi connectivity index (χ3v) is 4.62. The Hall–Kier alpha value is -1.62. The number of nitrogen functional groups attached to an aromatic ring is 1. The molecule has 1 saturated carbocycles. The Morgan fingerprint density at radius 3 is 2.90 bits per heavy atom. The topological polar surface area (TPSA) is 75.2 Å². The molecule has 5 heteroatoms. The van der Waals surface area contributed by atoms with E-state index in [1.54, 1.807) is 0 Å². The molecule has 2 fully saturated rings. The summed E-state index contributed by atoms with van der Waals surface area (Å²) in [6.07, 6.45) is 5.12. The van der Waals surface area contributed by atoms with Gasteiger partial charge in [0.05, 0.1) is 35.7 Å². The number of aryl methyl sites for hydroxylation is 2. The van der Waals surface area contributed by atoms with E-state index < -0.39 is 0 Å². The maximum absolute atomic E-state index is 7.92. The molecule has 1 aliphatic heterocycles. The van der Waals surface area contributed by atoms with Crippen molar-refractivity contribution >= 4 is 11.5 Å². The van der Waals surface area contributed by atoms with Crippen LogP contribution in [0.3, 0.4) is 0 Å². The molecular formula is C16H24N4O. The molecule has 5 nitrogen and oxygen atoms in total. The number of rotatable bonds is 2. The van der Waals surface area contributed by atoms with Gasteiger partial charge in [0.15, 0.2) is 0 Å². The van der Waals surface area contributed by atoms with E-state index in [2.05, 4.69) is 16.0 Å². The van der Waals surface area contributed by atoms with Crippen LogP contribution in [0.1, 0.15) is 42.6 Å². The van der Waals surface area contributed by atoms with E-state index in [1.807, 2.05) is 13.8 Å². The van der Waals surface area contributed by atoms with E-state index in [1.165, 1.54) is 12.8 Å². The number of nitrogens with one attached hydrogen (secondary N) is 1. The van der Waals surface area contributed by atoms with Gasteiger partial charge >= 0.3 is 0 Å². The summed E-state index contributed by atoms with van der Waals surface area (Å²) in [5, 5.41) is 7.92. The lowest BCUT2D eigenvalue weighted by molar-refractivity contribution is -0.00870. The minimum atomic E-state index is 0.105. The first-order valence-electron chi connectivity index (χ1n) is 7.79. The predicted molar refractivity (Wildman–Crippen MR) is 84.1 cm³/mol. The highest BCUT2D eigenvalue weighted by molar-refractivity contribution is 6.01. The monoisotopic (exact) mass is 288 g/mol. The second-order valence-corrected chi connectivity index (χ2v) is 6.11. The van der Waals surface area contributed by atoms with Crippen molar-refractivity contribution in [1.82, 2.24) is 4.98 Å². The number of nitrogens with two attached hydrogens (primary N) is 1. The number of ether oxygens (including phenoxy) is 1. The van der Waals surface area contributed by atoms with Gasteiger partial charge in [0.2, 0.25) is 0 Å². The molecule has 1 aromatic rings. The number of pyridine rings is 1. The van der Waals surface area contributed by atoms with Gasteiger partial charge in [-0.2, -0.15) is 0 Å². The van der Waals surface area contributed by atoms with Gasteiger partial charge in [0.1, 0.15) is 5.84 Å². The van der Waals surface area contributed by atoms with Gasteiger partial charge in [-0.25, -0.2) is 0 Å². The Labute approximate surface area is 126 Å². The van der Waals surface area contributed by atoms with Gasteiger partial charge in [-0.05, 0) is 32.8 Å². The van der Waals surface area contributed by atoms with Gasteiger partial charge < -0.3 is 15.4 Å². The van der Waals surface area contributed by atoms with Crippen LogP contribution in [0.15, 0.2) is 6.07 Å². The maximum Gasteiger partial charge on any atom is 0.126 e. The lowest BCUT2D eigenvalue weighted by atomic mass is 9.89. The molecule has 0 bridgehead atoms. The zero-order valence-electron chi connectivity index (χ0n) is 12.9. The fourth-order valence-corrected chi connectivity index (χ4v) is 3.76. The van der Waals surface area contributed by atoms with Crippen molar-refractivity contribution in [2.24, 2.45) is 5.73 Å². The Bertz CT molecular complexity index is 555. The van der Waals surface area contributed by atoms with Crippen LogP contribution >= 0.6 is 0 Å². The third kappa shape index (κ3) is 2.62. The molecule has 114 valence electrons. The molecule has 0 spiro atoms. The second kappa shape index (κ2) is 5.64. The van der Waals surface area contributed by atoms with Crippen molar-refractivity contribution in [2.75, 3.05) is 18.1 Å². The lowest BCUT2D eigenvalue weighted by Gasteiger charge is -2.45. The molecule has 1 aliphatic carbocycles. The summed E-state index contributed by atoms with van der Waals surface area (Å²) in [5.74, 6) is 0.105. The standard InChI is InChI=1S/C16H24N4O/c1-10-9-13(15(16(17)18)11(2)19-10)20-7-8-21-14-6-4-3-5-12(14)20/h9,12,14H,3-8H2,1-2H3,(H3,17,18). The summed E-state index contributed by atoms with van der Waals surface area (Å²) in [7, 11) is 0. The summed E-state index contributed by atoms with van der Waals surface area (Å²) in [4.78, 5) is 6.88. The minimum Gasteiger partial charge on any atom is -0.384 e. The van der Waals surface area contributed by atoms with Gasteiger partial charge in [-0.1, -0.05) is 12.8 Å². The summed E-state index contributed by atoms with van der Waals surface area (Å²) < 4.78 is 5.95. The molecule has 0 aromatic carbocycles. The number of hydrogen-bond acceptors (Lipinski definition) is 4. The van der Waals surface area contributed by atoms with Crippen LogP contribution < -0.4 is 10.6 Å². The number of morpholine rings is 1. The van der Waals surface area contributed by atoms with E-state index in [0.29, 0.717) is 12.1 Å². The zero-order chi connectivity index (χ0) is 15.0. The van der Waals surface area contributed by atoms with Crippen LogP contribution in [0.2, 0.25) is 0 Å². The Morgan fingerprint density at radius 2 is 2.14 bits per heavy atom. The van der Waals surface area contributed by atoms with Crippen LogP contribution in [-0.2, 0) is 4.74 Å². The molecule has 1 saturated heterocycles. The van der Waals surface area contributed by atoms with Crippen molar-refractivity contribution in [3.63, 3.8) is 0 Å². The van der Waals surface area contributed by atoms with Crippen LogP contribution in [0.4, 0.5) is 5.69 Å². The molecule has 0 amide bonds. The number of aromatic nitrogens is 1. The van der Waals surface area contributed by atoms with Crippen LogP contribution in [-0.4, -0.2) is 36.1 Å². The van der Waals surface area contributed by atoms with Crippen LogP contribution in [0, 0.1) is 19.3 Å². The van der Waals surface area contributed by atoms with E-state index in [9.17, 15) is 0 Å². The highest BCUT2D eigenvalue weighted by atomic mass is 16.5. The molecule has 2 aliphatic rings. The Kier molecular flexibility index (Phi) is 3.85. The smallest absolute Gasteiger partial charge is 0.126 e. The fourth-order valence-electron chi connectivity index (χ4n) is 3.76. The molecular weight excluding hydrogens is 264 g/mol. The molecule has 3 rings (SSSR count). The SMILES string of the molecule is Cc1cc(N2CCOC3CCCCC32)c(C(=N)N)c(C)n1. The zero-order valence-corrected chi connectivity index (χ0v) is 12.9. The van der Waals surface area contributed by atoms with Gasteiger partial charge in [-0.15, -0.1) is 0 Å². The molecule has 1 aromatic heterocycles. The van der Waals surface area contributed by atoms with Gasteiger partial charge in [0.25, 0.3) is 0 Å². The Balaban J connectivity index is 2.04. The average Bonchev–Trinajstić information content (AvgIpc) is 2.45. The average molecular weight is 288 g/mol. The van der Waals surface area contributed by atoms with Crippen molar-refractivity contribution in [3.8, 4) is 0 Å². The summed E-state index contributed by atoms with van der Waals surface area (Å²) in [6.45, 7) is 5.55. The quantitative estimate of drug-likeness (QED) is 0.646.